The second-order valence-corrected chi connectivity index (χ2v) is 11.1. The highest BCUT2D eigenvalue weighted by Gasteiger charge is 2.48. The predicted octanol–water partition coefficient (Wildman–Crippen LogP) is 1.95. The van der Waals surface area contributed by atoms with Crippen LogP contribution >= 0.6 is 0 Å². The van der Waals surface area contributed by atoms with Gasteiger partial charge >= 0.3 is 0 Å². The van der Waals surface area contributed by atoms with Crippen LogP contribution in [0.15, 0.2) is 37.0 Å². The van der Waals surface area contributed by atoms with Crippen LogP contribution in [0.5, 0.6) is 0 Å². The molecule has 3 aliphatic rings. The van der Waals surface area contributed by atoms with Crippen molar-refractivity contribution in [3.63, 3.8) is 0 Å². The van der Waals surface area contributed by atoms with Crippen molar-refractivity contribution in [1.82, 2.24) is 14.5 Å². The van der Waals surface area contributed by atoms with Crippen molar-refractivity contribution in [2.45, 2.75) is 76.0 Å². The summed E-state index contributed by atoms with van der Waals surface area (Å²) < 4.78 is 25.2. The van der Waals surface area contributed by atoms with Crippen LogP contribution in [0.25, 0.3) is 0 Å². The molecule has 8 nitrogen and oxygen atoms in total. The summed E-state index contributed by atoms with van der Waals surface area (Å²) in [6, 6.07) is -0.427. The molecule has 4 atom stereocenters. The van der Waals surface area contributed by atoms with Crippen molar-refractivity contribution in [2.24, 2.45) is 11.7 Å². The second-order valence-electron chi connectivity index (χ2n) is 9.15. The van der Waals surface area contributed by atoms with Crippen molar-refractivity contribution in [2.75, 3.05) is 19.3 Å². The number of nitrogens with zero attached hydrogens (tertiary/aromatic N) is 2. The Morgan fingerprint density at radius 2 is 1.73 bits per heavy atom. The Morgan fingerprint density at radius 1 is 1.09 bits per heavy atom. The van der Waals surface area contributed by atoms with Crippen LogP contribution in [0, 0.1) is 5.92 Å². The minimum Gasteiger partial charge on any atom is -0.352 e. The van der Waals surface area contributed by atoms with Gasteiger partial charge in [0.1, 0.15) is 0 Å². The Morgan fingerprint density at radius 3 is 2.27 bits per heavy atom. The molecule has 2 saturated heterocycles. The SMILES string of the molecule is C=C/C=C(\C=C)C(C)NC=O.CS(=O)(=O)N1CCC2C1CCN2C(=O)C(N)C1CCCCC1. The number of allylic oxidation sites excluding steroid dienone is 2. The van der Waals surface area contributed by atoms with Gasteiger partial charge in [-0.2, -0.15) is 4.31 Å². The summed E-state index contributed by atoms with van der Waals surface area (Å²) >= 11 is 0. The average molecular weight is 481 g/mol. The number of hydrogen-bond donors (Lipinski definition) is 2. The molecule has 2 aliphatic heterocycles. The highest BCUT2D eigenvalue weighted by Crippen LogP contribution is 2.35. The van der Waals surface area contributed by atoms with Crippen molar-refractivity contribution in [3.8, 4) is 0 Å². The minimum absolute atomic E-state index is 0.00278. The van der Waals surface area contributed by atoms with Gasteiger partial charge < -0.3 is 16.0 Å². The molecule has 0 bridgehead atoms. The first-order valence-corrected chi connectivity index (χ1v) is 13.7. The first-order valence-electron chi connectivity index (χ1n) is 11.8. The molecule has 186 valence electrons. The summed E-state index contributed by atoms with van der Waals surface area (Å²) in [4.78, 5) is 24.7. The number of hydrogen-bond acceptors (Lipinski definition) is 5. The Hall–Kier alpha value is -1.97. The van der Waals surface area contributed by atoms with Gasteiger partial charge in [-0.15, -0.1) is 0 Å². The maximum absolute atomic E-state index is 12.8. The second kappa shape index (κ2) is 12.5. The molecule has 33 heavy (non-hydrogen) atoms. The van der Waals surface area contributed by atoms with E-state index < -0.39 is 16.1 Å². The number of carbonyl (C=O) groups excluding carboxylic acids is 2. The molecule has 0 aromatic rings. The summed E-state index contributed by atoms with van der Waals surface area (Å²) in [5.41, 5.74) is 7.20. The number of sulfonamides is 1. The number of amides is 2. The Labute approximate surface area is 199 Å². The van der Waals surface area contributed by atoms with E-state index in [1.807, 2.05) is 17.9 Å². The molecule has 0 spiro atoms. The molecular weight excluding hydrogens is 440 g/mol. The van der Waals surface area contributed by atoms with Crippen molar-refractivity contribution in [1.29, 1.82) is 0 Å². The van der Waals surface area contributed by atoms with E-state index in [4.69, 9.17) is 5.73 Å². The van der Waals surface area contributed by atoms with Crippen molar-refractivity contribution >= 4 is 22.3 Å². The zero-order chi connectivity index (χ0) is 24.6. The molecule has 2 amide bonds. The lowest BCUT2D eigenvalue weighted by Gasteiger charge is -2.32. The summed E-state index contributed by atoms with van der Waals surface area (Å²) in [7, 11) is -3.18. The van der Waals surface area contributed by atoms with E-state index in [9.17, 15) is 18.0 Å². The van der Waals surface area contributed by atoms with Gasteiger partial charge in [-0.05, 0) is 44.1 Å². The van der Waals surface area contributed by atoms with E-state index in [0.717, 1.165) is 31.3 Å². The molecule has 0 radical (unpaired) electrons. The fourth-order valence-electron chi connectivity index (χ4n) is 5.24. The highest BCUT2D eigenvalue weighted by atomic mass is 32.2. The Bertz CT molecular complexity index is 835. The Balaban J connectivity index is 0.000000299. The fraction of sp³-hybridized carbons (Fsp3) is 0.667. The third-order valence-corrected chi connectivity index (χ3v) is 8.35. The first-order chi connectivity index (χ1) is 15.6. The van der Waals surface area contributed by atoms with Gasteiger partial charge in [0.25, 0.3) is 0 Å². The largest absolute Gasteiger partial charge is 0.352 e. The van der Waals surface area contributed by atoms with Gasteiger partial charge in [0, 0.05) is 25.2 Å². The van der Waals surface area contributed by atoms with Crippen LogP contribution < -0.4 is 11.1 Å². The maximum Gasteiger partial charge on any atom is 0.240 e. The van der Waals surface area contributed by atoms with Crippen LogP contribution in [0.3, 0.4) is 0 Å². The quantitative estimate of drug-likeness (QED) is 0.407. The summed E-state index contributed by atoms with van der Waals surface area (Å²) in [5.74, 6) is 0.336. The molecule has 1 aliphatic carbocycles. The normalized spacial score (nSPS) is 25.9. The predicted molar refractivity (Wildman–Crippen MR) is 132 cm³/mol. The van der Waals surface area contributed by atoms with Gasteiger partial charge in [0.05, 0.1) is 18.3 Å². The van der Waals surface area contributed by atoms with Gasteiger partial charge in [0.15, 0.2) is 0 Å². The molecule has 0 aromatic heterocycles. The summed E-state index contributed by atoms with van der Waals surface area (Å²) in [6.07, 6.45) is 14.3. The van der Waals surface area contributed by atoms with E-state index in [1.165, 1.54) is 25.5 Å². The highest BCUT2D eigenvalue weighted by molar-refractivity contribution is 7.88. The van der Waals surface area contributed by atoms with Crippen LogP contribution in [0.1, 0.15) is 51.9 Å². The van der Waals surface area contributed by atoms with E-state index in [0.29, 0.717) is 25.4 Å². The van der Waals surface area contributed by atoms with Crippen LogP contribution in [-0.4, -0.2) is 73.5 Å². The van der Waals surface area contributed by atoms with Crippen LogP contribution in [0.2, 0.25) is 0 Å². The monoisotopic (exact) mass is 480 g/mol. The lowest BCUT2D eigenvalue weighted by molar-refractivity contribution is -0.135. The topological polar surface area (TPSA) is 113 Å². The van der Waals surface area contributed by atoms with E-state index in [1.54, 1.807) is 16.5 Å². The van der Waals surface area contributed by atoms with Gasteiger partial charge in [0.2, 0.25) is 22.3 Å². The molecular formula is C24H40N4O4S. The van der Waals surface area contributed by atoms with E-state index >= 15 is 0 Å². The molecule has 2 heterocycles. The fourth-order valence-corrected chi connectivity index (χ4v) is 6.42. The first kappa shape index (κ1) is 27.3. The molecule has 3 rings (SSSR count). The number of likely N-dealkylation sites (tertiary alicyclic amines) is 1. The third-order valence-electron chi connectivity index (χ3n) is 7.04. The lowest BCUT2D eigenvalue weighted by atomic mass is 9.83. The van der Waals surface area contributed by atoms with Gasteiger partial charge in [-0.25, -0.2) is 8.42 Å². The molecule has 9 heteroatoms. The number of nitrogens with two attached hydrogens (primary N) is 1. The van der Waals surface area contributed by atoms with Gasteiger partial charge in [-0.3, -0.25) is 9.59 Å². The molecule has 4 unspecified atom stereocenters. The lowest BCUT2D eigenvalue weighted by Crippen LogP contribution is -2.50. The third kappa shape index (κ3) is 7.01. The van der Waals surface area contributed by atoms with Crippen LogP contribution in [-0.2, 0) is 19.6 Å². The molecule has 0 aromatic carbocycles. The number of fused-ring (bicyclic) bond motifs is 1. The smallest absolute Gasteiger partial charge is 0.240 e. The van der Waals surface area contributed by atoms with Crippen molar-refractivity contribution in [3.05, 3.63) is 37.0 Å². The standard InChI is InChI=1S/C15H27N3O3S.C9H13NO/c1-22(20,21)18-10-8-12-13(18)7-9-17(12)15(19)14(16)11-5-3-2-4-6-11;1-4-6-9(5-2)8(3)10-7-11/h11-14H,2-10,16H2,1H3;4-8H,1-2H2,3H3,(H,10,11)/b;9-6+. The molecule has 3 N–H and O–H groups in total. The molecule has 1 saturated carbocycles. The number of rotatable bonds is 8. The zero-order valence-corrected chi connectivity index (χ0v) is 20.8. The average Bonchev–Trinajstić information content (AvgIpc) is 3.39. The van der Waals surface area contributed by atoms with E-state index in [2.05, 4.69) is 18.5 Å². The molecule has 3 fully saturated rings. The number of carbonyl (C=O) groups is 2. The van der Waals surface area contributed by atoms with Crippen LogP contribution in [0.4, 0.5) is 0 Å². The minimum atomic E-state index is -3.18. The number of nitrogens with one attached hydrogen (secondary N) is 1. The Kier molecular flexibility index (Phi) is 10.3. The van der Waals surface area contributed by atoms with Crippen molar-refractivity contribution < 1.29 is 18.0 Å². The van der Waals surface area contributed by atoms with E-state index in [-0.39, 0.29) is 24.0 Å². The maximum atomic E-state index is 12.8. The van der Waals surface area contributed by atoms with Gasteiger partial charge in [-0.1, -0.05) is 50.6 Å². The zero-order valence-electron chi connectivity index (χ0n) is 20.0. The summed E-state index contributed by atoms with van der Waals surface area (Å²) in [5, 5.41) is 2.61. The summed E-state index contributed by atoms with van der Waals surface area (Å²) in [6.45, 7) is 10.2.